The van der Waals surface area contributed by atoms with E-state index in [2.05, 4.69) is 5.32 Å². The highest BCUT2D eigenvalue weighted by Crippen LogP contribution is 2.21. The summed E-state index contributed by atoms with van der Waals surface area (Å²) in [5.74, 6) is -0.503. The molecule has 1 amide bonds. The Morgan fingerprint density at radius 1 is 1.30 bits per heavy atom. The number of rotatable bonds is 6. The van der Waals surface area contributed by atoms with Crippen LogP contribution in [0.4, 0.5) is 0 Å². The summed E-state index contributed by atoms with van der Waals surface area (Å²) in [4.78, 5) is 20.9. The van der Waals surface area contributed by atoms with E-state index < -0.39 is 18.5 Å². The molecule has 0 aromatic rings. The Kier molecular flexibility index (Phi) is 10.9. The third-order valence-electron chi connectivity index (χ3n) is 2.94. The summed E-state index contributed by atoms with van der Waals surface area (Å²) in [6, 6.07) is 0. The molecule has 0 radical (unpaired) electrons. The van der Waals surface area contributed by atoms with Gasteiger partial charge in [-0.05, 0) is 27.7 Å². The summed E-state index contributed by atoms with van der Waals surface area (Å²) in [5.41, 5.74) is 0. The maximum Gasteiger partial charge on any atom is 0.227 e. The van der Waals surface area contributed by atoms with Crippen LogP contribution in [-0.2, 0) is 19.1 Å². The van der Waals surface area contributed by atoms with Crippen LogP contribution in [0.15, 0.2) is 0 Å². The maximum absolute atomic E-state index is 10.6. The van der Waals surface area contributed by atoms with Crippen LogP contribution in [0.5, 0.6) is 0 Å². The fourth-order valence-corrected chi connectivity index (χ4v) is 1.82. The van der Waals surface area contributed by atoms with Crippen molar-refractivity contribution in [3.63, 3.8) is 0 Å². The number of ether oxygens (including phenoxy) is 2. The van der Waals surface area contributed by atoms with E-state index in [0.717, 1.165) is 0 Å². The second kappa shape index (κ2) is 11.5. The molecule has 0 bridgehead atoms. The zero-order chi connectivity index (χ0) is 18.0. The van der Waals surface area contributed by atoms with Crippen LogP contribution in [0.2, 0.25) is 0 Å². The summed E-state index contributed by atoms with van der Waals surface area (Å²) < 4.78 is 10.6. The molecule has 0 aromatic heterocycles. The van der Waals surface area contributed by atoms with Crippen molar-refractivity contribution < 1.29 is 34.4 Å². The number of amides is 1. The molecular formula is C15H29NO7. The first-order valence-corrected chi connectivity index (χ1v) is 7.71. The molecular weight excluding hydrogens is 306 g/mol. The quantitative estimate of drug-likeness (QED) is 0.475. The van der Waals surface area contributed by atoms with Crippen LogP contribution in [-0.4, -0.2) is 70.9 Å². The van der Waals surface area contributed by atoms with Gasteiger partial charge in [0.15, 0.2) is 6.29 Å². The first-order valence-electron chi connectivity index (χ1n) is 7.71. The number of hydrogen-bond acceptors (Lipinski definition) is 7. The van der Waals surface area contributed by atoms with E-state index in [4.69, 9.17) is 14.6 Å². The zero-order valence-electron chi connectivity index (χ0n) is 14.2. The number of carbonyl (C=O) groups excluding carboxylic acids is 2. The Morgan fingerprint density at radius 2 is 1.91 bits per heavy atom. The molecule has 0 aromatic carbocycles. The average Bonchev–Trinajstić information content (AvgIpc) is 2.42. The van der Waals surface area contributed by atoms with Crippen LogP contribution in [0, 0.1) is 0 Å². The number of ketones is 1. The van der Waals surface area contributed by atoms with Gasteiger partial charge in [-0.3, -0.25) is 9.59 Å². The lowest BCUT2D eigenvalue weighted by atomic mass is 10.0. The molecule has 23 heavy (non-hydrogen) atoms. The van der Waals surface area contributed by atoms with Crippen LogP contribution < -0.4 is 5.32 Å². The maximum atomic E-state index is 10.6. The molecule has 136 valence electrons. The monoisotopic (exact) mass is 335 g/mol. The largest absolute Gasteiger partial charge is 0.395 e. The molecule has 8 heteroatoms. The van der Waals surface area contributed by atoms with Crippen molar-refractivity contribution in [3.8, 4) is 0 Å². The third-order valence-corrected chi connectivity index (χ3v) is 2.94. The van der Waals surface area contributed by atoms with Crippen molar-refractivity contribution in [1.82, 2.24) is 5.32 Å². The molecule has 1 aliphatic rings. The van der Waals surface area contributed by atoms with E-state index >= 15 is 0 Å². The van der Waals surface area contributed by atoms with E-state index in [1.807, 2.05) is 13.8 Å². The molecule has 1 heterocycles. The number of aliphatic hydroxyl groups is 3. The van der Waals surface area contributed by atoms with Crippen LogP contribution in [0.1, 0.15) is 40.5 Å². The third kappa shape index (κ3) is 10.4. The minimum Gasteiger partial charge on any atom is -0.395 e. The van der Waals surface area contributed by atoms with Crippen molar-refractivity contribution in [2.45, 2.75) is 71.2 Å². The molecule has 1 saturated heterocycles. The molecule has 4 N–H and O–H groups in total. The first kappa shape index (κ1) is 21.9. The van der Waals surface area contributed by atoms with Crippen LogP contribution >= 0.6 is 0 Å². The van der Waals surface area contributed by atoms with Crippen molar-refractivity contribution in [1.29, 1.82) is 0 Å². The second-order valence-corrected chi connectivity index (χ2v) is 5.72. The molecule has 8 nitrogen and oxygen atoms in total. The minimum absolute atomic E-state index is 0.0158. The highest BCUT2D eigenvalue weighted by Gasteiger charge is 2.34. The molecule has 0 saturated carbocycles. The van der Waals surface area contributed by atoms with Crippen molar-refractivity contribution in [3.05, 3.63) is 0 Å². The lowest BCUT2D eigenvalue weighted by Gasteiger charge is -2.36. The van der Waals surface area contributed by atoms with Crippen LogP contribution in [0.3, 0.4) is 0 Å². The normalized spacial score (nSPS) is 27.1. The minimum atomic E-state index is -0.728. The fraction of sp³-hybridized carbons (Fsp3) is 0.867. The first-order chi connectivity index (χ1) is 10.7. The predicted octanol–water partition coefficient (Wildman–Crippen LogP) is -0.658. The van der Waals surface area contributed by atoms with Crippen molar-refractivity contribution in [2.24, 2.45) is 0 Å². The Bertz CT molecular complexity index is 362. The van der Waals surface area contributed by atoms with E-state index in [9.17, 15) is 19.8 Å². The molecule has 2 unspecified atom stereocenters. The highest BCUT2D eigenvalue weighted by atomic mass is 16.7. The van der Waals surface area contributed by atoms with Gasteiger partial charge in [-0.2, -0.15) is 0 Å². The van der Waals surface area contributed by atoms with E-state index in [1.54, 1.807) is 6.92 Å². The van der Waals surface area contributed by atoms with Gasteiger partial charge >= 0.3 is 0 Å². The SMILES string of the molecule is CC(=O)CC(=O)NCCO.CC(C)OC1OC(C)[C@H](O)C[C@@H]1O. The standard InChI is InChI=1S/C9H18O4.C6H11NO3/c1-5(2)12-9-8(11)4-7(10)6(3)13-9;1-5(9)4-6(10)7-2-3-8/h5-11H,4H2,1-3H3;8H,2-4H2,1H3,(H,7,10)/t6?,7-,8+,9?;/m1./s1. The Balaban J connectivity index is 0.000000438. The lowest BCUT2D eigenvalue weighted by Crippen LogP contribution is -2.47. The van der Waals surface area contributed by atoms with Gasteiger partial charge in [-0.1, -0.05) is 0 Å². The number of hydrogen-bond donors (Lipinski definition) is 4. The average molecular weight is 335 g/mol. The fourth-order valence-electron chi connectivity index (χ4n) is 1.82. The lowest BCUT2D eigenvalue weighted by molar-refractivity contribution is -0.271. The molecule has 1 aliphatic heterocycles. The van der Waals surface area contributed by atoms with Gasteiger partial charge in [0.05, 0.1) is 31.3 Å². The summed E-state index contributed by atoms with van der Waals surface area (Å²) in [6.45, 7) is 7.00. The summed E-state index contributed by atoms with van der Waals surface area (Å²) in [6.07, 6.45) is -1.96. The second-order valence-electron chi connectivity index (χ2n) is 5.72. The van der Waals surface area contributed by atoms with Crippen LogP contribution in [0.25, 0.3) is 0 Å². The van der Waals surface area contributed by atoms with E-state index in [-0.39, 0.29) is 43.5 Å². The van der Waals surface area contributed by atoms with Gasteiger partial charge in [0.2, 0.25) is 5.91 Å². The van der Waals surface area contributed by atoms with Crippen molar-refractivity contribution in [2.75, 3.05) is 13.2 Å². The Morgan fingerprint density at radius 3 is 2.39 bits per heavy atom. The number of carbonyl (C=O) groups is 2. The van der Waals surface area contributed by atoms with Gasteiger partial charge in [0.1, 0.15) is 11.9 Å². The van der Waals surface area contributed by atoms with Gasteiger partial charge in [0, 0.05) is 13.0 Å². The topological polar surface area (TPSA) is 125 Å². The van der Waals surface area contributed by atoms with E-state index in [0.29, 0.717) is 6.42 Å². The molecule has 1 fully saturated rings. The smallest absolute Gasteiger partial charge is 0.227 e. The van der Waals surface area contributed by atoms with Gasteiger partial charge in [-0.25, -0.2) is 0 Å². The van der Waals surface area contributed by atoms with Crippen molar-refractivity contribution >= 4 is 11.7 Å². The predicted molar refractivity (Wildman–Crippen MR) is 82.6 cm³/mol. The van der Waals surface area contributed by atoms with Gasteiger partial charge in [-0.15, -0.1) is 0 Å². The molecule has 0 aliphatic carbocycles. The molecule has 0 spiro atoms. The molecule has 4 atom stereocenters. The summed E-state index contributed by atoms with van der Waals surface area (Å²) in [5, 5.41) is 29.5. The summed E-state index contributed by atoms with van der Waals surface area (Å²) in [7, 11) is 0. The Hall–Kier alpha value is -1.06. The Labute approximate surface area is 136 Å². The van der Waals surface area contributed by atoms with Gasteiger partial charge < -0.3 is 30.1 Å². The summed E-state index contributed by atoms with van der Waals surface area (Å²) >= 11 is 0. The zero-order valence-corrected chi connectivity index (χ0v) is 14.2. The highest BCUT2D eigenvalue weighted by molar-refractivity contribution is 5.96. The number of aliphatic hydroxyl groups excluding tert-OH is 3. The number of nitrogens with one attached hydrogen (secondary N) is 1. The molecule has 1 rings (SSSR count). The van der Waals surface area contributed by atoms with Gasteiger partial charge in [0.25, 0.3) is 0 Å². The number of Topliss-reactive ketones (excluding diaryl/α,β-unsaturated/α-hetero) is 1. The van der Waals surface area contributed by atoms with E-state index in [1.165, 1.54) is 6.92 Å².